The van der Waals surface area contributed by atoms with Gasteiger partial charge in [-0.1, -0.05) is 48.5 Å². The molecule has 0 fully saturated rings. The van der Waals surface area contributed by atoms with E-state index >= 15 is 0 Å². The highest BCUT2D eigenvalue weighted by Gasteiger charge is 2.38. The van der Waals surface area contributed by atoms with Gasteiger partial charge >= 0.3 is 0 Å². The second-order valence-corrected chi connectivity index (χ2v) is 9.62. The van der Waals surface area contributed by atoms with Gasteiger partial charge in [-0.25, -0.2) is 0 Å². The smallest absolute Gasteiger partial charge is 0.162 e. The number of benzene rings is 3. The monoisotopic (exact) mass is 448 g/mol. The van der Waals surface area contributed by atoms with E-state index in [4.69, 9.17) is 0 Å². The Morgan fingerprint density at radius 3 is 2.48 bits per heavy atom. The first kappa shape index (κ1) is 20.3. The highest BCUT2D eigenvalue weighted by molar-refractivity contribution is 7.98. The van der Waals surface area contributed by atoms with Crippen LogP contribution in [0.3, 0.4) is 0 Å². The van der Waals surface area contributed by atoms with Crippen LogP contribution in [0.25, 0.3) is 16.5 Å². The van der Waals surface area contributed by atoms with Crippen molar-refractivity contribution in [3.63, 3.8) is 0 Å². The van der Waals surface area contributed by atoms with Gasteiger partial charge in [0.1, 0.15) is 0 Å². The molecule has 33 heavy (non-hydrogen) atoms. The Labute approximate surface area is 197 Å². The average Bonchev–Trinajstić information content (AvgIpc) is 2.88. The Morgan fingerprint density at radius 2 is 1.70 bits per heavy atom. The lowest BCUT2D eigenvalue weighted by atomic mass is 9.72. The van der Waals surface area contributed by atoms with Gasteiger partial charge < -0.3 is 5.32 Å². The molecular formula is C29H24N2OS. The predicted molar refractivity (Wildman–Crippen MR) is 137 cm³/mol. The fraction of sp³-hybridized carbons (Fsp3) is 0.172. The van der Waals surface area contributed by atoms with Gasteiger partial charge in [0.15, 0.2) is 5.78 Å². The SMILES string of the molecule is CSc1ccc(C2Nc3ccc4ncccc4c3C3=C2C(=O)CC(c2ccccc2)C3)cc1. The molecule has 162 valence electrons. The first-order chi connectivity index (χ1) is 16.2. The number of anilines is 1. The number of thioether (sulfide) groups is 1. The number of rotatable bonds is 3. The molecule has 6 rings (SSSR count). The molecule has 0 amide bonds. The molecule has 0 radical (unpaired) electrons. The van der Waals surface area contributed by atoms with Crippen LogP contribution in [-0.4, -0.2) is 17.0 Å². The number of allylic oxidation sites excluding steroid dienone is 1. The van der Waals surface area contributed by atoms with Gasteiger partial charge in [0.2, 0.25) is 0 Å². The number of pyridine rings is 1. The van der Waals surface area contributed by atoms with Gasteiger partial charge in [-0.05, 0) is 65.6 Å². The van der Waals surface area contributed by atoms with E-state index in [0.29, 0.717) is 6.42 Å². The van der Waals surface area contributed by atoms with Gasteiger partial charge in [0, 0.05) is 39.7 Å². The summed E-state index contributed by atoms with van der Waals surface area (Å²) in [6.07, 6.45) is 5.31. The lowest BCUT2D eigenvalue weighted by Gasteiger charge is -2.37. The third-order valence-corrected chi connectivity index (χ3v) is 7.65. The second kappa shape index (κ2) is 8.20. The van der Waals surface area contributed by atoms with Crippen LogP contribution in [0.5, 0.6) is 0 Å². The lowest BCUT2D eigenvalue weighted by molar-refractivity contribution is -0.116. The minimum Gasteiger partial charge on any atom is -0.373 e. The van der Waals surface area contributed by atoms with Crippen LogP contribution in [-0.2, 0) is 4.79 Å². The number of nitrogens with one attached hydrogen (secondary N) is 1. The first-order valence-corrected chi connectivity index (χ1v) is 12.5. The number of fused-ring (bicyclic) bond motifs is 4. The van der Waals surface area contributed by atoms with Crippen molar-refractivity contribution in [3.05, 3.63) is 107 Å². The number of hydrogen-bond acceptors (Lipinski definition) is 4. The molecular weight excluding hydrogens is 424 g/mol. The summed E-state index contributed by atoms with van der Waals surface area (Å²) >= 11 is 1.73. The number of Topliss-reactive ketones (excluding diaryl/α,β-unsaturated/α-hetero) is 1. The summed E-state index contributed by atoms with van der Waals surface area (Å²) in [5.41, 5.74) is 7.63. The van der Waals surface area contributed by atoms with Crippen molar-refractivity contribution in [2.45, 2.75) is 29.7 Å². The van der Waals surface area contributed by atoms with Crippen molar-refractivity contribution in [2.24, 2.45) is 0 Å². The summed E-state index contributed by atoms with van der Waals surface area (Å²) in [5.74, 6) is 0.429. The van der Waals surface area contributed by atoms with E-state index in [1.807, 2.05) is 18.3 Å². The average molecular weight is 449 g/mol. The number of aromatic nitrogens is 1. The van der Waals surface area contributed by atoms with Crippen molar-refractivity contribution in [1.82, 2.24) is 4.98 Å². The Bertz CT molecular complexity index is 1390. The molecule has 1 aromatic heterocycles. The molecule has 4 aromatic rings. The predicted octanol–water partition coefficient (Wildman–Crippen LogP) is 7.02. The van der Waals surface area contributed by atoms with Crippen LogP contribution in [0.1, 0.15) is 41.5 Å². The van der Waals surface area contributed by atoms with E-state index in [1.165, 1.54) is 16.0 Å². The quantitative estimate of drug-likeness (QED) is 0.342. The Kier molecular flexibility index (Phi) is 5.03. The molecule has 1 aliphatic heterocycles. The molecule has 0 spiro atoms. The Hall–Kier alpha value is -3.37. The molecule has 1 aliphatic carbocycles. The molecule has 3 nitrogen and oxygen atoms in total. The summed E-state index contributed by atoms with van der Waals surface area (Å²) in [6.45, 7) is 0. The molecule has 2 unspecified atom stereocenters. The van der Waals surface area contributed by atoms with Gasteiger partial charge in [-0.3, -0.25) is 9.78 Å². The van der Waals surface area contributed by atoms with Gasteiger partial charge in [0.05, 0.1) is 11.6 Å². The largest absolute Gasteiger partial charge is 0.373 e. The summed E-state index contributed by atoms with van der Waals surface area (Å²) in [6, 6.07) is 27.2. The third kappa shape index (κ3) is 3.46. The number of nitrogens with zero attached hydrogens (tertiary/aromatic N) is 1. The summed E-state index contributed by atoms with van der Waals surface area (Å²) in [4.78, 5) is 19.6. The highest BCUT2D eigenvalue weighted by Crippen LogP contribution is 2.50. The zero-order valence-electron chi connectivity index (χ0n) is 18.4. The van der Waals surface area contributed by atoms with Gasteiger partial charge in [-0.2, -0.15) is 0 Å². The molecule has 2 heterocycles. The molecule has 3 aromatic carbocycles. The molecule has 4 heteroatoms. The fourth-order valence-corrected chi connectivity index (χ4v) is 5.74. The molecule has 0 saturated heterocycles. The maximum absolute atomic E-state index is 13.7. The summed E-state index contributed by atoms with van der Waals surface area (Å²) in [5, 5.41) is 4.82. The second-order valence-electron chi connectivity index (χ2n) is 8.74. The number of carbonyl (C=O) groups excluding carboxylic acids is 1. The molecule has 2 atom stereocenters. The van der Waals surface area contributed by atoms with Crippen molar-refractivity contribution in [3.8, 4) is 0 Å². The van der Waals surface area contributed by atoms with E-state index < -0.39 is 0 Å². The van der Waals surface area contributed by atoms with Crippen LogP contribution in [0.4, 0.5) is 5.69 Å². The topological polar surface area (TPSA) is 42.0 Å². The maximum atomic E-state index is 13.7. The van der Waals surface area contributed by atoms with E-state index in [1.54, 1.807) is 11.8 Å². The minimum atomic E-state index is -0.137. The standard InChI is InChI=1S/C29H24N2OS/c1-33-21-11-9-19(10-12-21)29-28-23(16-20(17-26(28)32)18-6-3-2-4-7-18)27-22-8-5-15-30-24(22)13-14-25(27)31-29/h2-15,20,29,31H,16-17H2,1H3. The van der Waals surface area contributed by atoms with Crippen molar-refractivity contribution < 1.29 is 4.79 Å². The molecule has 0 bridgehead atoms. The van der Waals surface area contributed by atoms with Gasteiger partial charge in [0.25, 0.3) is 0 Å². The summed E-state index contributed by atoms with van der Waals surface area (Å²) in [7, 11) is 0. The molecule has 2 aliphatic rings. The molecule has 1 N–H and O–H groups in total. The fourth-order valence-electron chi connectivity index (χ4n) is 5.34. The maximum Gasteiger partial charge on any atom is 0.162 e. The Morgan fingerprint density at radius 1 is 0.879 bits per heavy atom. The number of hydrogen-bond donors (Lipinski definition) is 1. The van der Waals surface area contributed by atoms with Crippen molar-refractivity contribution in [1.29, 1.82) is 0 Å². The van der Waals surface area contributed by atoms with Crippen molar-refractivity contribution >= 4 is 39.7 Å². The Balaban J connectivity index is 1.56. The number of ketones is 1. The minimum absolute atomic E-state index is 0.137. The lowest BCUT2D eigenvalue weighted by Crippen LogP contribution is -2.29. The van der Waals surface area contributed by atoms with Crippen LogP contribution < -0.4 is 5.32 Å². The normalized spacial score (nSPS) is 19.7. The van der Waals surface area contributed by atoms with E-state index in [2.05, 4.69) is 83.3 Å². The summed E-state index contributed by atoms with van der Waals surface area (Å²) < 4.78 is 0. The molecule has 0 saturated carbocycles. The van der Waals surface area contributed by atoms with E-state index in [9.17, 15) is 4.79 Å². The third-order valence-electron chi connectivity index (χ3n) is 6.90. The van der Waals surface area contributed by atoms with Crippen molar-refractivity contribution in [2.75, 3.05) is 11.6 Å². The number of carbonyl (C=O) groups is 1. The van der Waals surface area contributed by atoms with Crippen LogP contribution in [0, 0.1) is 0 Å². The van der Waals surface area contributed by atoms with Crippen LogP contribution >= 0.6 is 11.8 Å². The van der Waals surface area contributed by atoms with E-state index in [0.717, 1.165) is 39.7 Å². The zero-order chi connectivity index (χ0) is 22.4. The van der Waals surface area contributed by atoms with Crippen LogP contribution in [0.15, 0.2) is 95.5 Å². The zero-order valence-corrected chi connectivity index (χ0v) is 19.2. The highest BCUT2D eigenvalue weighted by atomic mass is 32.2. The van der Waals surface area contributed by atoms with Crippen LogP contribution in [0.2, 0.25) is 0 Å². The first-order valence-electron chi connectivity index (χ1n) is 11.3. The van der Waals surface area contributed by atoms with E-state index in [-0.39, 0.29) is 17.7 Å². The van der Waals surface area contributed by atoms with Gasteiger partial charge in [-0.15, -0.1) is 11.8 Å².